The van der Waals surface area contributed by atoms with Gasteiger partial charge in [0.25, 0.3) is 0 Å². The SMILES string of the molecule is CNC1=C(NC)C(NC)CC1C=O. The first-order valence-electron chi connectivity index (χ1n) is 4.50. The second-order valence-corrected chi connectivity index (χ2v) is 3.15. The number of hydrogen-bond acceptors (Lipinski definition) is 4. The van der Waals surface area contributed by atoms with Gasteiger partial charge in [-0.1, -0.05) is 0 Å². The van der Waals surface area contributed by atoms with Gasteiger partial charge in [-0.25, -0.2) is 0 Å². The number of aldehydes is 1. The summed E-state index contributed by atoms with van der Waals surface area (Å²) in [5, 5.41) is 9.38. The van der Waals surface area contributed by atoms with Crippen LogP contribution in [0.3, 0.4) is 0 Å². The lowest BCUT2D eigenvalue weighted by Crippen LogP contribution is -2.31. The summed E-state index contributed by atoms with van der Waals surface area (Å²) in [6, 6.07) is 0.266. The molecular formula is C9H17N3O. The quantitative estimate of drug-likeness (QED) is 0.512. The lowest BCUT2D eigenvalue weighted by molar-refractivity contribution is -0.110. The zero-order valence-electron chi connectivity index (χ0n) is 8.35. The maximum Gasteiger partial charge on any atom is 0.129 e. The molecule has 74 valence electrons. The first-order chi connectivity index (χ1) is 6.28. The molecule has 0 spiro atoms. The summed E-state index contributed by atoms with van der Waals surface area (Å²) in [5.74, 6) is 0.00454. The standard InChI is InChI=1S/C9H17N3O/c1-10-7-4-6(5-13)8(11-2)9(7)12-3/h5-7,10-12H,4H2,1-3H3. The summed E-state index contributed by atoms with van der Waals surface area (Å²) in [6.45, 7) is 0. The first-order valence-corrected chi connectivity index (χ1v) is 4.50. The van der Waals surface area contributed by atoms with Crippen LogP contribution in [0, 0.1) is 5.92 Å². The van der Waals surface area contributed by atoms with Crippen LogP contribution < -0.4 is 16.0 Å². The molecule has 1 aliphatic rings. The van der Waals surface area contributed by atoms with E-state index in [1.54, 1.807) is 0 Å². The van der Waals surface area contributed by atoms with Gasteiger partial charge in [-0.05, 0) is 13.5 Å². The molecule has 0 fully saturated rings. The maximum atomic E-state index is 10.8. The van der Waals surface area contributed by atoms with Crippen LogP contribution in [0.25, 0.3) is 0 Å². The van der Waals surface area contributed by atoms with Crippen molar-refractivity contribution in [1.29, 1.82) is 0 Å². The predicted octanol–water partition coefficient (Wildman–Crippen LogP) is -0.556. The van der Waals surface area contributed by atoms with Crippen molar-refractivity contribution in [1.82, 2.24) is 16.0 Å². The minimum Gasteiger partial charge on any atom is -0.389 e. The van der Waals surface area contributed by atoms with E-state index in [0.29, 0.717) is 0 Å². The Morgan fingerprint density at radius 2 is 1.85 bits per heavy atom. The summed E-state index contributed by atoms with van der Waals surface area (Å²) in [4.78, 5) is 10.8. The molecule has 0 saturated carbocycles. The molecule has 2 unspecified atom stereocenters. The second-order valence-electron chi connectivity index (χ2n) is 3.15. The Bertz CT molecular complexity index is 225. The van der Waals surface area contributed by atoms with E-state index in [1.165, 1.54) is 0 Å². The fourth-order valence-electron chi connectivity index (χ4n) is 1.89. The molecule has 13 heavy (non-hydrogen) atoms. The minimum absolute atomic E-state index is 0.00454. The smallest absolute Gasteiger partial charge is 0.129 e. The lowest BCUT2D eigenvalue weighted by atomic mass is 10.1. The number of hydrogen-bond donors (Lipinski definition) is 3. The van der Waals surface area contributed by atoms with Crippen LogP contribution in [0.1, 0.15) is 6.42 Å². The Hall–Kier alpha value is -1.03. The van der Waals surface area contributed by atoms with Crippen LogP contribution in [-0.2, 0) is 4.79 Å². The fourth-order valence-corrected chi connectivity index (χ4v) is 1.89. The van der Waals surface area contributed by atoms with Gasteiger partial charge in [0.2, 0.25) is 0 Å². The average Bonchev–Trinajstić information content (AvgIpc) is 2.54. The van der Waals surface area contributed by atoms with Gasteiger partial charge in [-0.3, -0.25) is 0 Å². The van der Waals surface area contributed by atoms with E-state index in [9.17, 15) is 4.79 Å². The Kier molecular flexibility index (Phi) is 3.31. The topological polar surface area (TPSA) is 53.2 Å². The number of carbonyl (C=O) groups excluding carboxylic acids is 1. The third-order valence-corrected chi connectivity index (χ3v) is 2.55. The first kappa shape index (κ1) is 10.1. The highest BCUT2D eigenvalue weighted by Crippen LogP contribution is 2.26. The van der Waals surface area contributed by atoms with E-state index in [0.717, 1.165) is 24.1 Å². The van der Waals surface area contributed by atoms with Gasteiger partial charge in [0.15, 0.2) is 0 Å². The molecule has 0 amide bonds. The maximum absolute atomic E-state index is 10.8. The molecule has 2 atom stereocenters. The Labute approximate surface area is 78.8 Å². The minimum atomic E-state index is 0.00454. The molecule has 0 aliphatic heterocycles. The van der Waals surface area contributed by atoms with Crippen LogP contribution in [-0.4, -0.2) is 33.5 Å². The van der Waals surface area contributed by atoms with E-state index in [1.807, 2.05) is 21.1 Å². The van der Waals surface area contributed by atoms with Crippen molar-refractivity contribution < 1.29 is 4.79 Å². The highest BCUT2D eigenvalue weighted by Gasteiger charge is 2.31. The molecule has 0 heterocycles. The molecule has 0 aromatic rings. The van der Waals surface area contributed by atoms with Crippen molar-refractivity contribution in [2.45, 2.75) is 12.5 Å². The van der Waals surface area contributed by atoms with Crippen molar-refractivity contribution in [2.75, 3.05) is 21.1 Å². The van der Waals surface area contributed by atoms with E-state index in [-0.39, 0.29) is 12.0 Å². The highest BCUT2D eigenvalue weighted by atomic mass is 16.1. The van der Waals surface area contributed by atoms with Gasteiger partial charge >= 0.3 is 0 Å². The molecule has 0 bridgehead atoms. The Balaban J connectivity index is 2.90. The lowest BCUT2D eigenvalue weighted by Gasteiger charge is -2.13. The molecule has 4 nitrogen and oxygen atoms in total. The number of carbonyl (C=O) groups is 1. The summed E-state index contributed by atoms with van der Waals surface area (Å²) in [6.07, 6.45) is 1.84. The van der Waals surface area contributed by atoms with E-state index in [2.05, 4.69) is 16.0 Å². The van der Waals surface area contributed by atoms with Crippen LogP contribution in [0.15, 0.2) is 11.4 Å². The van der Waals surface area contributed by atoms with Crippen LogP contribution in [0.5, 0.6) is 0 Å². The van der Waals surface area contributed by atoms with Crippen LogP contribution in [0.4, 0.5) is 0 Å². The van der Waals surface area contributed by atoms with Crippen molar-refractivity contribution in [3.8, 4) is 0 Å². The fraction of sp³-hybridized carbons (Fsp3) is 0.667. The molecular weight excluding hydrogens is 166 g/mol. The van der Waals surface area contributed by atoms with Crippen molar-refractivity contribution in [2.24, 2.45) is 5.92 Å². The summed E-state index contributed by atoms with van der Waals surface area (Å²) < 4.78 is 0. The van der Waals surface area contributed by atoms with Crippen molar-refractivity contribution in [3.05, 3.63) is 11.4 Å². The van der Waals surface area contributed by atoms with Crippen molar-refractivity contribution >= 4 is 6.29 Å². The molecule has 0 aromatic heterocycles. The van der Waals surface area contributed by atoms with E-state index >= 15 is 0 Å². The van der Waals surface area contributed by atoms with Crippen LogP contribution >= 0.6 is 0 Å². The Morgan fingerprint density at radius 3 is 2.23 bits per heavy atom. The summed E-state index contributed by atoms with van der Waals surface area (Å²) in [7, 11) is 5.63. The third-order valence-electron chi connectivity index (χ3n) is 2.55. The highest BCUT2D eigenvalue weighted by molar-refractivity contribution is 5.61. The molecule has 1 aliphatic carbocycles. The average molecular weight is 183 g/mol. The number of likely N-dealkylation sites (N-methyl/N-ethyl adjacent to an activating group) is 2. The van der Waals surface area contributed by atoms with Gasteiger partial charge < -0.3 is 20.7 Å². The van der Waals surface area contributed by atoms with Gasteiger partial charge in [0, 0.05) is 31.5 Å². The van der Waals surface area contributed by atoms with Crippen LogP contribution in [0.2, 0.25) is 0 Å². The number of allylic oxidation sites excluding steroid dienone is 1. The molecule has 1 rings (SSSR count). The second kappa shape index (κ2) is 4.28. The molecule has 3 N–H and O–H groups in total. The monoisotopic (exact) mass is 183 g/mol. The van der Waals surface area contributed by atoms with Gasteiger partial charge in [0.05, 0.1) is 5.92 Å². The zero-order valence-corrected chi connectivity index (χ0v) is 8.35. The molecule has 0 aromatic carbocycles. The zero-order chi connectivity index (χ0) is 9.84. The predicted molar refractivity (Wildman–Crippen MR) is 52.2 cm³/mol. The van der Waals surface area contributed by atoms with E-state index in [4.69, 9.17) is 0 Å². The van der Waals surface area contributed by atoms with Gasteiger partial charge in [-0.2, -0.15) is 0 Å². The molecule has 0 saturated heterocycles. The third kappa shape index (κ3) is 1.67. The van der Waals surface area contributed by atoms with Gasteiger partial charge in [-0.15, -0.1) is 0 Å². The summed E-state index contributed by atoms with van der Waals surface area (Å²) in [5.41, 5.74) is 2.11. The van der Waals surface area contributed by atoms with Crippen molar-refractivity contribution in [3.63, 3.8) is 0 Å². The largest absolute Gasteiger partial charge is 0.389 e. The molecule has 0 radical (unpaired) electrons. The molecule has 4 heteroatoms. The van der Waals surface area contributed by atoms with E-state index < -0.39 is 0 Å². The number of nitrogens with one attached hydrogen (secondary N) is 3. The van der Waals surface area contributed by atoms with Gasteiger partial charge in [0.1, 0.15) is 6.29 Å². The number of rotatable bonds is 4. The Morgan fingerprint density at radius 1 is 1.23 bits per heavy atom. The normalized spacial score (nSPS) is 27.6. The summed E-state index contributed by atoms with van der Waals surface area (Å²) >= 11 is 0.